The summed E-state index contributed by atoms with van der Waals surface area (Å²) in [5, 5.41) is 6.01. The van der Waals surface area contributed by atoms with Gasteiger partial charge in [0.05, 0.1) is 5.02 Å². The summed E-state index contributed by atoms with van der Waals surface area (Å²) in [4.78, 5) is 16.0. The largest absolute Gasteiger partial charge is 0.431 e. The van der Waals surface area contributed by atoms with Crippen molar-refractivity contribution < 1.29 is 9.21 Å². The monoisotopic (exact) mass is 307 g/mol. The van der Waals surface area contributed by atoms with Gasteiger partial charge >= 0.3 is 12.0 Å². The molecule has 2 rings (SSSR count). The van der Waals surface area contributed by atoms with Crippen LogP contribution in [0.15, 0.2) is 34.9 Å². The van der Waals surface area contributed by atoms with Crippen molar-refractivity contribution in [2.75, 3.05) is 5.32 Å². The van der Waals surface area contributed by atoms with Crippen molar-refractivity contribution in [2.45, 2.75) is 32.7 Å². The van der Waals surface area contributed by atoms with E-state index in [2.05, 4.69) is 15.6 Å². The van der Waals surface area contributed by atoms with E-state index < -0.39 is 0 Å². The van der Waals surface area contributed by atoms with Crippen LogP contribution in [0.2, 0.25) is 5.02 Å². The molecule has 0 bridgehead atoms. The lowest BCUT2D eigenvalue weighted by molar-refractivity contribution is 0.247. The predicted molar refractivity (Wildman–Crippen MR) is 83.5 cm³/mol. The molecule has 112 valence electrons. The van der Waals surface area contributed by atoms with E-state index in [9.17, 15) is 4.79 Å². The molecule has 0 radical (unpaired) electrons. The van der Waals surface area contributed by atoms with Crippen LogP contribution in [0.3, 0.4) is 0 Å². The summed E-state index contributed by atoms with van der Waals surface area (Å²) in [6.45, 7) is 4.05. The summed E-state index contributed by atoms with van der Waals surface area (Å²) in [7, 11) is 0. The van der Waals surface area contributed by atoms with Crippen LogP contribution in [0.4, 0.5) is 10.8 Å². The number of carbonyl (C=O) groups excluding carboxylic acids is 1. The third-order valence-electron chi connectivity index (χ3n) is 3.20. The molecule has 0 saturated carbocycles. The maximum Gasteiger partial charge on any atom is 0.323 e. The fourth-order valence-corrected chi connectivity index (χ4v) is 2.17. The number of amides is 2. The molecule has 0 aliphatic rings. The SMILES string of the molecule is CCC(CC)NC(=O)Nc1nc(-c2ccccc2Cl)co1. The Labute approximate surface area is 128 Å². The van der Waals surface area contributed by atoms with Gasteiger partial charge in [0, 0.05) is 11.6 Å². The van der Waals surface area contributed by atoms with Crippen molar-refractivity contribution in [3.8, 4) is 11.3 Å². The Kier molecular flexibility index (Phi) is 5.22. The van der Waals surface area contributed by atoms with Crippen molar-refractivity contribution in [3.05, 3.63) is 35.6 Å². The van der Waals surface area contributed by atoms with Crippen molar-refractivity contribution in [1.82, 2.24) is 10.3 Å². The van der Waals surface area contributed by atoms with Crippen LogP contribution in [-0.2, 0) is 0 Å². The minimum atomic E-state index is -0.323. The van der Waals surface area contributed by atoms with E-state index in [0.717, 1.165) is 18.4 Å². The van der Waals surface area contributed by atoms with Gasteiger partial charge in [0.15, 0.2) is 0 Å². The van der Waals surface area contributed by atoms with E-state index >= 15 is 0 Å². The number of rotatable bonds is 5. The number of anilines is 1. The van der Waals surface area contributed by atoms with Crippen LogP contribution < -0.4 is 10.6 Å². The van der Waals surface area contributed by atoms with E-state index in [4.69, 9.17) is 16.0 Å². The number of oxazole rings is 1. The van der Waals surface area contributed by atoms with E-state index in [1.165, 1.54) is 6.26 Å². The molecule has 1 aromatic carbocycles. The predicted octanol–water partition coefficient (Wildman–Crippen LogP) is 4.31. The molecule has 0 aliphatic heterocycles. The molecule has 6 heteroatoms. The van der Waals surface area contributed by atoms with Crippen molar-refractivity contribution in [1.29, 1.82) is 0 Å². The highest BCUT2D eigenvalue weighted by atomic mass is 35.5. The molecule has 0 atom stereocenters. The molecule has 21 heavy (non-hydrogen) atoms. The summed E-state index contributed by atoms with van der Waals surface area (Å²) in [5.74, 6) is 0. The van der Waals surface area contributed by atoms with Gasteiger partial charge < -0.3 is 9.73 Å². The zero-order chi connectivity index (χ0) is 15.2. The number of nitrogens with zero attached hydrogens (tertiary/aromatic N) is 1. The quantitative estimate of drug-likeness (QED) is 0.865. The van der Waals surface area contributed by atoms with Gasteiger partial charge in [0.1, 0.15) is 12.0 Å². The first-order valence-electron chi connectivity index (χ1n) is 6.92. The second-order valence-electron chi connectivity index (χ2n) is 4.63. The molecule has 2 aromatic rings. The number of carbonyl (C=O) groups is 1. The Hall–Kier alpha value is -2.01. The molecular weight excluding hydrogens is 290 g/mol. The fourth-order valence-electron chi connectivity index (χ4n) is 1.94. The lowest BCUT2D eigenvalue weighted by atomic mass is 10.2. The van der Waals surface area contributed by atoms with Gasteiger partial charge in [-0.3, -0.25) is 5.32 Å². The number of aromatic nitrogens is 1. The molecule has 1 heterocycles. The van der Waals surface area contributed by atoms with E-state index in [1.54, 1.807) is 6.07 Å². The number of benzene rings is 1. The third kappa shape index (κ3) is 3.98. The molecule has 0 saturated heterocycles. The van der Waals surface area contributed by atoms with Gasteiger partial charge in [-0.25, -0.2) is 4.79 Å². The first kappa shape index (κ1) is 15.4. The van der Waals surface area contributed by atoms with Gasteiger partial charge in [-0.1, -0.05) is 43.6 Å². The van der Waals surface area contributed by atoms with Crippen LogP contribution in [0.25, 0.3) is 11.3 Å². The van der Waals surface area contributed by atoms with E-state index in [1.807, 2.05) is 32.0 Å². The molecule has 0 unspecified atom stereocenters. The summed E-state index contributed by atoms with van der Waals surface area (Å²) < 4.78 is 5.25. The molecule has 1 aromatic heterocycles. The second kappa shape index (κ2) is 7.13. The highest BCUT2D eigenvalue weighted by Gasteiger charge is 2.13. The second-order valence-corrected chi connectivity index (χ2v) is 5.04. The molecule has 2 N–H and O–H groups in total. The number of urea groups is 1. The van der Waals surface area contributed by atoms with E-state index in [-0.39, 0.29) is 18.1 Å². The fraction of sp³-hybridized carbons (Fsp3) is 0.333. The van der Waals surface area contributed by atoms with Crippen LogP contribution in [0.1, 0.15) is 26.7 Å². The number of hydrogen-bond acceptors (Lipinski definition) is 3. The topological polar surface area (TPSA) is 67.2 Å². The third-order valence-corrected chi connectivity index (χ3v) is 3.52. The van der Waals surface area contributed by atoms with Crippen molar-refractivity contribution >= 4 is 23.6 Å². The number of hydrogen-bond donors (Lipinski definition) is 2. The lowest BCUT2D eigenvalue weighted by Gasteiger charge is -2.13. The Balaban J connectivity index is 2.04. The van der Waals surface area contributed by atoms with Gasteiger partial charge in [0.2, 0.25) is 0 Å². The highest BCUT2D eigenvalue weighted by molar-refractivity contribution is 6.33. The smallest absolute Gasteiger partial charge is 0.323 e. The standard InChI is InChI=1S/C15H18ClN3O2/c1-3-10(4-2)17-14(20)19-15-18-13(9-21-15)11-7-5-6-8-12(11)16/h5-10H,3-4H2,1-2H3,(H2,17,18,19,20). The van der Waals surface area contributed by atoms with Crippen LogP contribution in [0.5, 0.6) is 0 Å². The minimum Gasteiger partial charge on any atom is -0.431 e. The number of halogens is 1. The zero-order valence-electron chi connectivity index (χ0n) is 12.0. The Morgan fingerprint density at radius 1 is 1.33 bits per heavy atom. The molecule has 0 spiro atoms. The average molecular weight is 308 g/mol. The maximum absolute atomic E-state index is 11.8. The summed E-state index contributed by atoms with van der Waals surface area (Å²) in [6, 6.07) is 7.29. The van der Waals surface area contributed by atoms with Crippen molar-refractivity contribution in [2.24, 2.45) is 0 Å². The van der Waals surface area contributed by atoms with Crippen molar-refractivity contribution in [3.63, 3.8) is 0 Å². The summed E-state index contributed by atoms with van der Waals surface area (Å²) in [5.41, 5.74) is 1.34. The first-order chi connectivity index (χ1) is 10.1. The first-order valence-corrected chi connectivity index (χ1v) is 7.29. The molecule has 2 amide bonds. The number of nitrogens with one attached hydrogen (secondary N) is 2. The molecule has 0 aliphatic carbocycles. The normalized spacial score (nSPS) is 10.7. The lowest BCUT2D eigenvalue weighted by Crippen LogP contribution is -2.37. The van der Waals surface area contributed by atoms with E-state index in [0.29, 0.717) is 10.7 Å². The average Bonchev–Trinajstić information content (AvgIpc) is 2.93. The molecule has 0 fully saturated rings. The van der Waals surface area contributed by atoms with Gasteiger partial charge in [-0.05, 0) is 18.9 Å². The van der Waals surface area contributed by atoms with Gasteiger partial charge in [0.25, 0.3) is 0 Å². The van der Waals surface area contributed by atoms with Gasteiger partial charge in [-0.2, -0.15) is 4.98 Å². The molecule has 5 nitrogen and oxygen atoms in total. The van der Waals surface area contributed by atoms with Crippen LogP contribution in [0, 0.1) is 0 Å². The maximum atomic E-state index is 11.8. The van der Waals surface area contributed by atoms with Crippen LogP contribution in [-0.4, -0.2) is 17.1 Å². The Morgan fingerprint density at radius 2 is 2.05 bits per heavy atom. The summed E-state index contributed by atoms with van der Waals surface area (Å²) >= 11 is 6.10. The molecular formula is C15H18ClN3O2. The minimum absolute atomic E-state index is 0.142. The Morgan fingerprint density at radius 3 is 2.71 bits per heavy atom. The zero-order valence-corrected chi connectivity index (χ0v) is 12.8. The summed E-state index contributed by atoms with van der Waals surface area (Å²) in [6.07, 6.45) is 3.22. The van der Waals surface area contributed by atoms with Gasteiger partial charge in [-0.15, -0.1) is 0 Å². The highest BCUT2D eigenvalue weighted by Crippen LogP contribution is 2.27. The van der Waals surface area contributed by atoms with Crippen LogP contribution >= 0.6 is 11.6 Å². The Bertz CT molecular complexity index is 608.